The molecule has 2 aliphatic carbocycles. The Morgan fingerprint density at radius 2 is 1.68 bits per heavy atom. The van der Waals surface area contributed by atoms with Gasteiger partial charge in [0.15, 0.2) is 0 Å². The van der Waals surface area contributed by atoms with Crippen molar-refractivity contribution in [3.63, 3.8) is 0 Å². The van der Waals surface area contributed by atoms with Crippen LogP contribution >= 0.6 is 0 Å². The summed E-state index contributed by atoms with van der Waals surface area (Å²) in [6, 6.07) is 2.70. The third kappa shape index (κ3) is 4.64. The van der Waals surface area contributed by atoms with Gasteiger partial charge in [-0.25, -0.2) is 0 Å². The van der Waals surface area contributed by atoms with Crippen molar-refractivity contribution in [2.75, 3.05) is 13.2 Å². The third-order valence-electron chi connectivity index (χ3n) is 7.78. The Bertz CT molecular complexity index is 638. The molecular formula is C25H41NO2. The highest BCUT2D eigenvalue weighted by Crippen LogP contribution is 2.58. The van der Waals surface area contributed by atoms with Crippen LogP contribution in [0.1, 0.15) is 87.0 Å². The molecule has 28 heavy (non-hydrogen) atoms. The van der Waals surface area contributed by atoms with Crippen molar-refractivity contribution in [2.24, 2.45) is 45.3 Å². The average molecular weight is 388 g/mol. The largest absolute Gasteiger partial charge is 0.381 e. The van der Waals surface area contributed by atoms with Gasteiger partial charge >= 0.3 is 0 Å². The Morgan fingerprint density at radius 1 is 1.07 bits per heavy atom. The van der Waals surface area contributed by atoms with Crippen molar-refractivity contribution < 1.29 is 9.53 Å². The van der Waals surface area contributed by atoms with Gasteiger partial charge in [0, 0.05) is 17.3 Å². The zero-order valence-corrected chi connectivity index (χ0v) is 19.2. The highest BCUT2D eigenvalue weighted by atomic mass is 16.5. The molecule has 3 heteroatoms. The van der Waals surface area contributed by atoms with Crippen LogP contribution in [0.15, 0.2) is 0 Å². The van der Waals surface area contributed by atoms with Gasteiger partial charge in [-0.3, -0.25) is 4.79 Å². The summed E-state index contributed by atoms with van der Waals surface area (Å²) in [5.74, 6) is 2.59. The molecule has 3 aliphatic rings. The van der Waals surface area contributed by atoms with Crippen LogP contribution in [0.2, 0.25) is 0 Å². The second-order valence-electron chi connectivity index (χ2n) is 12.9. The van der Waals surface area contributed by atoms with Crippen molar-refractivity contribution in [3.8, 4) is 6.07 Å². The van der Waals surface area contributed by atoms with Crippen LogP contribution in [0.25, 0.3) is 0 Å². The molecule has 0 spiro atoms. The van der Waals surface area contributed by atoms with Crippen LogP contribution in [0.5, 0.6) is 0 Å². The van der Waals surface area contributed by atoms with E-state index in [0.29, 0.717) is 29.0 Å². The fraction of sp³-hybridized carbons (Fsp3) is 0.920. The minimum absolute atomic E-state index is 0.135. The van der Waals surface area contributed by atoms with Crippen LogP contribution in [-0.2, 0) is 9.53 Å². The normalized spacial score (nSPS) is 33.6. The Kier molecular flexibility index (Phi) is 5.55. The predicted octanol–water partition coefficient (Wildman–Crippen LogP) is 6.03. The standard InChI is InChI=1S/C25H41NO2/c1-22(2,3)21(27)20-8-18(20)12-23(4,5)15-25(16-26)10-17(11-25)9-24(6,7)19-13-28-14-19/h17-20H,8-15H2,1-7H3. The fourth-order valence-electron chi connectivity index (χ4n) is 6.11. The van der Waals surface area contributed by atoms with Gasteiger partial charge in [-0.2, -0.15) is 5.26 Å². The quantitative estimate of drug-likeness (QED) is 0.511. The van der Waals surface area contributed by atoms with E-state index >= 15 is 0 Å². The SMILES string of the molecule is CC(C)(CC1CC1C(=O)C(C)(C)C)CC1(C#N)CC(CC(C)(C)C2COC2)C1. The van der Waals surface area contributed by atoms with Crippen LogP contribution in [0, 0.1) is 56.7 Å². The highest BCUT2D eigenvalue weighted by molar-refractivity contribution is 5.88. The predicted molar refractivity (Wildman–Crippen MR) is 113 cm³/mol. The van der Waals surface area contributed by atoms with Crippen LogP contribution in [-0.4, -0.2) is 19.0 Å². The molecule has 3 nitrogen and oxygen atoms in total. The van der Waals surface area contributed by atoms with Gasteiger partial charge in [-0.05, 0) is 61.2 Å². The summed E-state index contributed by atoms with van der Waals surface area (Å²) < 4.78 is 5.40. The van der Waals surface area contributed by atoms with E-state index in [0.717, 1.165) is 45.3 Å². The Labute approximate surface area is 172 Å². The zero-order valence-electron chi connectivity index (χ0n) is 19.2. The highest BCUT2D eigenvalue weighted by Gasteiger charge is 2.52. The number of Topliss-reactive ketones (excluding diaryl/α,β-unsaturated/α-hetero) is 1. The summed E-state index contributed by atoms with van der Waals surface area (Å²) in [7, 11) is 0. The van der Waals surface area contributed by atoms with Gasteiger partial charge in [0.2, 0.25) is 0 Å². The molecule has 2 atom stereocenters. The number of nitriles is 1. The van der Waals surface area contributed by atoms with Crippen LogP contribution < -0.4 is 0 Å². The van der Waals surface area contributed by atoms with E-state index in [9.17, 15) is 10.1 Å². The maximum absolute atomic E-state index is 12.5. The van der Waals surface area contributed by atoms with Gasteiger partial charge in [0.25, 0.3) is 0 Å². The second kappa shape index (κ2) is 7.12. The maximum atomic E-state index is 12.5. The molecule has 0 amide bonds. The molecule has 2 saturated carbocycles. The lowest BCUT2D eigenvalue weighted by atomic mass is 9.53. The minimum Gasteiger partial charge on any atom is -0.381 e. The molecule has 0 aromatic carbocycles. The van der Waals surface area contributed by atoms with E-state index in [-0.39, 0.29) is 22.2 Å². The third-order valence-corrected chi connectivity index (χ3v) is 7.78. The molecule has 2 unspecified atom stereocenters. The molecule has 1 saturated heterocycles. The van der Waals surface area contributed by atoms with Crippen molar-refractivity contribution in [2.45, 2.75) is 87.0 Å². The van der Waals surface area contributed by atoms with E-state index in [1.807, 2.05) is 20.8 Å². The molecule has 3 rings (SSSR count). The molecular weight excluding hydrogens is 346 g/mol. The van der Waals surface area contributed by atoms with E-state index < -0.39 is 0 Å². The topological polar surface area (TPSA) is 50.1 Å². The monoisotopic (exact) mass is 387 g/mol. The Balaban J connectivity index is 1.50. The lowest BCUT2D eigenvalue weighted by Crippen LogP contribution is -2.45. The first-order chi connectivity index (χ1) is 12.8. The number of hydrogen-bond donors (Lipinski definition) is 0. The summed E-state index contributed by atoms with van der Waals surface area (Å²) in [5, 5.41) is 9.96. The first-order valence-electron chi connectivity index (χ1n) is 11.3. The van der Waals surface area contributed by atoms with E-state index in [4.69, 9.17) is 4.74 Å². The smallest absolute Gasteiger partial charge is 0.141 e. The molecule has 1 aliphatic heterocycles. The van der Waals surface area contributed by atoms with E-state index in [2.05, 4.69) is 33.8 Å². The van der Waals surface area contributed by atoms with Crippen molar-refractivity contribution in [1.82, 2.24) is 0 Å². The van der Waals surface area contributed by atoms with Gasteiger partial charge in [-0.1, -0.05) is 48.5 Å². The van der Waals surface area contributed by atoms with Gasteiger partial charge in [0.05, 0.1) is 24.7 Å². The second-order valence-corrected chi connectivity index (χ2v) is 12.9. The number of ether oxygens (including phenoxy) is 1. The molecule has 0 bridgehead atoms. The Hall–Kier alpha value is -0.880. The molecule has 0 aromatic heterocycles. The molecule has 158 valence electrons. The van der Waals surface area contributed by atoms with Crippen LogP contribution in [0.4, 0.5) is 0 Å². The summed E-state index contributed by atoms with van der Waals surface area (Å²) >= 11 is 0. The molecule has 3 fully saturated rings. The zero-order chi connectivity index (χ0) is 21.0. The minimum atomic E-state index is -0.225. The van der Waals surface area contributed by atoms with Gasteiger partial charge in [-0.15, -0.1) is 0 Å². The lowest BCUT2D eigenvalue weighted by molar-refractivity contribution is -0.128. The number of hydrogen-bond acceptors (Lipinski definition) is 3. The molecule has 1 heterocycles. The van der Waals surface area contributed by atoms with Gasteiger partial charge < -0.3 is 4.74 Å². The molecule has 0 N–H and O–H groups in total. The number of carbonyl (C=O) groups excluding carboxylic acids is 1. The van der Waals surface area contributed by atoms with Crippen molar-refractivity contribution in [1.29, 1.82) is 5.26 Å². The number of ketones is 1. The Morgan fingerprint density at radius 3 is 2.14 bits per heavy atom. The molecule has 0 radical (unpaired) electrons. The van der Waals surface area contributed by atoms with E-state index in [1.165, 1.54) is 6.42 Å². The fourth-order valence-corrected chi connectivity index (χ4v) is 6.11. The average Bonchev–Trinajstić information content (AvgIpc) is 3.17. The van der Waals surface area contributed by atoms with Crippen LogP contribution in [0.3, 0.4) is 0 Å². The van der Waals surface area contributed by atoms with Gasteiger partial charge in [0.1, 0.15) is 5.78 Å². The summed E-state index contributed by atoms with van der Waals surface area (Å²) in [4.78, 5) is 12.5. The number of nitrogens with zero attached hydrogens (tertiary/aromatic N) is 1. The van der Waals surface area contributed by atoms with E-state index in [1.54, 1.807) is 0 Å². The first-order valence-corrected chi connectivity index (χ1v) is 11.3. The van der Waals surface area contributed by atoms with Crippen molar-refractivity contribution in [3.05, 3.63) is 0 Å². The first kappa shape index (κ1) is 21.8. The summed E-state index contributed by atoms with van der Waals surface area (Å²) in [6.07, 6.45) is 6.44. The summed E-state index contributed by atoms with van der Waals surface area (Å²) in [5.41, 5.74) is 0.0971. The maximum Gasteiger partial charge on any atom is 0.141 e. The number of rotatable bonds is 8. The lowest BCUT2D eigenvalue weighted by Gasteiger charge is -2.50. The number of carbonyl (C=O) groups is 1. The van der Waals surface area contributed by atoms with Crippen molar-refractivity contribution >= 4 is 5.78 Å². The summed E-state index contributed by atoms with van der Waals surface area (Å²) in [6.45, 7) is 17.3. The molecule has 0 aromatic rings.